The molecule has 1 aliphatic rings. The molecule has 110 valence electrons. The topological polar surface area (TPSA) is 55.2 Å². The van der Waals surface area contributed by atoms with E-state index < -0.39 is 0 Å². The predicted octanol–water partition coefficient (Wildman–Crippen LogP) is 4.48. The van der Waals surface area contributed by atoms with Crippen molar-refractivity contribution in [2.75, 3.05) is 0 Å². The number of thiophene rings is 1. The zero-order valence-electron chi connectivity index (χ0n) is 11.3. The number of aryl methyl sites for hydroxylation is 1. The van der Waals surface area contributed by atoms with E-state index in [1.54, 1.807) is 35.6 Å². The fraction of sp³-hybridized carbons (Fsp3) is 0.333. The normalized spacial score (nSPS) is 17.5. The van der Waals surface area contributed by atoms with Gasteiger partial charge in [0.05, 0.1) is 9.26 Å². The maximum Gasteiger partial charge on any atom is 0.269 e. The minimum Gasteiger partial charge on any atom is -0.306 e. The molecule has 1 aromatic heterocycles. The average molecular weight is 323 g/mol. The molecular weight excluding hydrogens is 308 g/mol. The molecule has 1 aromatic carbocycles. The summed E-state index contributed by atoms with van der Waals surface area (Å²) in [5, 5.41) is 14.2. The van der Waals surface area contributed by atoms with E-state index in [0.29, 0.717) is 12.6 Å². The van der Waals surface area contributed by atoms with Crippen molar-refractivity contribution in [1.29, 1.82) is 0 Å². The summed E-state index contributed by atoms with van der Waals surface area (Å²) < 4.78 is 0.851. The van der Waals surface area contributed by atoms with Gasteiger partial charge >= 0.3 is 0 Å². The van der Waals surface area contributed by atoms with Crippen LogP contribution in [-0.4, -0.2) is 4.92 Å². The van der Waals surface area contributed by atoms with Gasteiger partial charge in [-0.25, -0.2) is 0 Å². The van der Waals surface area contributed by atoms with E-state index in [1.807, 2.05) is 0 Å². The molecule has 0 spiro atoms. The largest absolute Gasteiger partial charge is 0.306 e. The van der Waals surface area contributed by atoms with E-state index in [0.717, 1.165) is 22.7 Å². The molecule has 4 nitrogen and oxygen atoms in total. The van der Waals surface area contributed by atoms with E-state index >= 15 is 0 Å². The first-order valence-corrected chi connectivity index (χ1v) is 8.08. The Morgan fingerprint density at radius 3 is 2.86 bits per heavy atom. The van der Waals surface area contributed by atoms with Crippen LogP contribution in [-0.2, 0) is 13.0 Å². The molecule has 0 radical (unpaired) electrons. The van der Waals surface area contributed by atoms with E-state index in [9.17, 15) is 10.1 Å². The number of fused-ring (bicyclic) bond motifs is 1. The Morgan fingerprint density at radius 2 is 2.14 bits per heavy atom. The quantitative estimate of drug-likeness (QED) is 0.667. The molecule has 21 heavy (non-hydrogen) atoms. The lowest BCUT2D eigenvalue weighted by atomic mass is 9.94. The van der Waals surface area contributed by atoms with Gasteiger partial charge in [0, 0.05) is 29.6 Å². The van der Waals surface area contributed by atoms with Crippen molar-refractivity contribution in [2.24, 2.45) is 0 Å². The number of nitro groups is 1. The smallest absolute Gasteiger partial charge is 0.269 e. The second-order valence-electron chi connectivity index (χ2n) is 5.18. The van der Waals surface area contributed by atoms with E-state index in [1.165, 1.54) is 16.9 Å². The predicted molar refractivity (Wildman–Crippen MR) is 84.9 cm³/mol. The molecule has 2 aromatic rings. The summed E-state index contributed by atoms with van der Waals surface area (Å²) in [6.07, 6.45) is 3.39. The highest BCUT2D eigenvalue weighted by Crippen LogP contribution is 2.37. The zero-order chi connectivity index (χ0) is 14.8. The molecule has 0 bridgehead atoms. The van der Waals surface area contributed by atoms with Gasteiger partial charge in [0.1, 0.15) is 0 Å². The van der Waals surface area contributed by atoms with Gasteiger partial charge in [0.25, 0.3) is 5.69 Å². The Hall–Kier alpha value is -1.43. The lowest BCUT2D eigenvalue weighted by Gasteiger charge is -2.23. The number of rotatable bonds is 4. The average Bonchev–Trinajstić information content (AvgIpc) is 2.86. The number of nitrogens with zero attached hydrogens (tertiary/aromatic N) is 1. The van der Waals surface area contributed by atoms with Gasteiger partial charge in [-0.15, -0.1) is 11.3 Å². The van der Waals surface area contributed by atoms with Crippen LogP contribution in [0.15, 0.2) is 30.3 Å². The summed E-state index contributed by atoms with van der Waals surface area (Å²) in [6.45, 7) is 0.704. The van der Waals surface area contributed by atoms with Crippen molar-refractivity contribution < 1.29 is 4.92 Å². The second-order valence-corrected chi connectivity index (χ2v) is 6.95. The number of hydrogen-bond donors (Lipinski definition) is 1. The fourth-order valence-corrected chi connectivity index (χ4v) is 4.09. The van der Waals surface area contributed by atoms with Crippen molar-refractivity contribution >= 4 is 28.6 Å². The number of nitro benzene ring substituents is 1. The molecule has 1 aliphatic carbocycles. The molecule has 1 N–H and O–H groups in total. The van der Waals surface area contributed by atoms with Crippen LogP contribution in [0.3, 0.4) is 0 Å². The summed E-state index contributed by atoms with van der Waals surface area (Å²) in [5.74, 6) is 0. The van der Waals surface area contributed by atoms with Crippen LogP contribution >= 0.6 is 22.9 Å². The van der Waals surface area contributed by atoms with Gasteiger partial charge in [-0.3, -0.25) is 10.1 Å². The van der Waals surface area contributed by atoms with Crippen molar-refractivity contribution in [2.45, 2.75) is 31.8 Å². The Balaban J connectivity index is 1.67. The number of halogens is 1. The summed E-state index contributed by atoms with van der Waals surface area (Å²) in [4.78, 5) is 11.6. The van der Waals surface area contributed by atoms with Gasteiger partial charge in [0.15, 0.2) is 0 Å². The minimum atomic E-state index is -0.377. The van der Waals surface area contributed by atoms with E-state index in [2.05, 4.69) is 11.4 Å². The highest BCUT2D eigenvalue weighted by molar-refractivity contribution is 7.16. The molecule has 0 amide bonds. The van der Waals surface area contributed by atoms with Crippen molar-refractivity contribution in [3.63, 3.8) is 0 Å². The molecule has 1 heterocycles. The number of benzene rings is 1. The molecule has 1 atom stereocenters. The fourth-order valence-electron chi connectivity index (χ4n) is 2.71. The highest BCUT2D eigenvalue weighted by atomic mass is 35.5. The summed E-state index contributed by atoms with van der Waals surface area (Å²) in [7, 11) is 0. The van der Waals surface area contributed by atoms with Gasteiger partial charge in [-0.2, -0.15) is 0 Å². The third-order valence-electron chi connectivity index (χ3n) is 3.78. The Kier molecular flexibility index (Phi) is 4.24. The Bertz CT molecular complexity index is 654. The van der Waals surface area contributed by atoms with Crippen LogP contribution in [0.2, 0.25) is 4.34 Å². The molecule has 3 rings (SSSR count). The van der Waals surface area contributed by atoms with Crippen LogP contribution in [0, 0.1) is 10.1 Å². The summed E-state index contributed by atoms with van der Waals surface area (Å²) >= 11 is 7.78. The Labute approximate surface area is 131 Å². The van der Waals surface area contributed by atoms with Crippen LogP contribution < -0.4 is 5.32 Å². The van der Waals surface area contributed by atoms with Crippen molar-refractivity contribution in [3.05, 3.63) is 60.8 Å². The summed E-state index contributed by atoms with van der Waals surface area (Å²) in [5.41, 5.74) is 2.50. The number of hydrogen-bond acceptors (Lipinski definition) is 4. The number of non-ortho nitro benzene ring substituents is 1. The monoisotopic (exact) mass is 322 g/mol. The lowest BCUT2D eigenvalue weighted by Crippen LogP contribution is -2.23. The van der Waals surface area contributed by atoms with Gasteiger partial charge in [-0.05, 0) is 36.5 Å². The van der Waals surface area contributed by atoms with E-state index in [4.69, 9.17) is 11.6 Å². The van der Waals surface area contributed by atoms with Gasteiger partial charge in [-0.1, -0.05) is 23.7 Å². The molecule has 1 unspecified atom stereocenters. The first-order chi connectivity index (χ1) is 10.1. The van der Waals surface area contributed by atoms with Crippen molar-refractivity contribution in [1.82, 2.24) is 5.32 Å². The Morgan fingerprint density at radius 1 is 1.38 bits per heavy atom. The van der Waals surface area contributed by atoms with Crippen LogP contribution in [0.1, 0.15) is 34.9 Å². The van der Waals surface area contributed by atoms with Gasteiger partial charge < -0.3 is 5.32 Å². The van der Waals surface area contributed by atoms with Crippen molar-refractivity contribution in [3.8, 4) is 0 Å². The van der Waals surface area contributed by atoms with Crippen LogP contribution in [0.25, 0.3) is 0 Å². The number of nitrogens with one attached hydrogen (secondary N) is 1. The zero-order valence-corrected chi connectivity index (χ0v) is 12.9. The molecule has 0 saturated carbocycles. The highest BCUT2D eigenvalue weighted by Gasteiger charge is 2.22. The third-order valence-corrected chi connectivity index (χ3v) is 5.12. The SMILES string of the molecule is O=[N+]([O-])c1ccc(CNC2CCCc3sc(Cl)cc32)cc1. The first kappa shape index (κ1) is 14.5. The molecule has 0 saturated heterocycles. The second kappa shape index (κ2) is 6.13. The van der Waals surface area contributed by atoms with Crippen LogP contribution in [0.4, 0.5) is 5.69 Å². The molecule has 6 heteroatoms. The van der Waals surface area contributed by atoms with Crippen LogP contribution in [0.5, 0.6) is 0 Å². The van der Waals surface area contributed by atoms with Gasteiger partial charge in [0.2, 0.25) is 0 Å². The standard InChI is InChI=1S/C15H15ClN2O2S/c16-15-8-12-13(2-1-3-14(12)21-15)17-9-10-4-6-11(7-5-10)18(19)20/h4-8,13,17H,1-3,9H2. The molecule has 0 aliphatic heterocycles. The molecular formula is C15H15ClN2O2S. The summed E-state index contributed by atoms with van der Waals surface area (Å²) in [6, 6.07) is 9.09. The first-order valence-electron chi connectivity index (χ1n) is 6.88. The maximum absolute atomic E-state index is 10.6. The maximum atomic E-state index is 10.6. The third kappa shape index (κ3) is 3.26. The minimum absolute atomic E-state index is 0.128. The molecule has 0 fully saturated rings. The van der Waals surface area contributed by atoms with E-state index in [-0.39, 0.29) is 10.6 Å². The lowest BCUT2D eigenvalue weighted by molar-refractivity contribution is -0.384.